The minimum atomic E-state index is -0.0748. The van der Waals surface area contributed by atoms with E-state index in [1.807, 2.05) is 0 Å². The maximum Gasteiger partial charge on any atom is 0.257 e. The van der Waals surface area contributed by atoms with Gasteiger partial charge in [0.05, 0.1) is 5.56 Å². The second-order valence-electron chi connectivity index (χ2n) is 4.76. The van der Waals surface area contributed by atoms with Gasteiger partial charge in [-0.05, 0) is 18.2 Å². The van der Waals surface area contributed by atoms with Gasteiger partial charge in [0.1, 0.15) is 5.82 Å². The van der Waals surface area contributed by atoms with Crippen LogP contribution in [0.4, 0.5) is 11.8 Å². The van der Waals surface area contributed by atoms with Crippen molar-refractivity contribution < 1.29 is 4.79 Å². The fraction of sp³-hybridized carbons (Fsp3) is 0.286. The molecule has 108 valence electrons. The number of nitrogens with zero attached hydrogens (tertiary/aromatic N) is 5. The molecule has 2 N–H and O–H groups in total. The fourth-order valence-electron chi connectivity index (χ4n) is 2.33. The number of nitrogen functional groups attached to an aromatic ring is 1. The zero-order valence-corrected chi connectivity index (χ0v) is 11.5. The molecule has 0 atom stereocenters. The average Bonchev–Trinajstić information content (AvgIpc) is 2.56. The van der Waals surface area contributed by atoms with Crippen LogP contribution in [-0.2, 0) is 0 Å². The number of nitrogens with two attached hydrogens (primary N) is 1. The molecule has 0 saturated carbocycles. The van der Waals surface area contributed by atoms with Gasteiger partial charge in [-0.2, -0.15) is 0 Å². The predicted molar refractivity (Wildman–Crippen MR) is 78.8 cm³/mol. The third-order valence-electron chi connectivity index (χ3n) is 3.47. The molecule has 21 heavy (non-hydrogen) atoms. The van der Waals surface area contributed by atoms with Crippen molar-refractivity contribution in [2.45, 2.75) is 0 Å². The molecule has 0 bridgehead atoms. The molecule has 0 radical (unpaired) electrons. The number of aromatic nitrogens is 3. The van der Waals surface area contributed by atoms with Crippen LogP contribution in [0.5, 0.6) is 0 Å². The highest BCUT2D eigenvalue weighted by Gasteiger charge is 2.24. The summed E-state index contributed by atoms with van der Waals surface area (Å²) in [5.41, 5.74) is 6.22. The molecule has 0 aromatic carbocycles. The van der Waals surface area contributed by atoms with Gasteiger partial charge < -0.3 is 15.5 Å². The molecule has 1 fully saturated rings. The molecule has 3 rings (SSSR count). The van der Waals surface area contributed by atoms with Crippen molar-refractivity contribution >= 4 is 17.7 Å². The van der Waals surface area contributed by atoms with Crippen molar-refractivity contribution in [3.63, 3.8) is 0 Å². The summed E-state index contributed by atoms with van der Waals surface area (Å²) in [6, 6.07) is 5.21. The van der Waals surface area contributed by atoms with Crippen LogP contribution in [0, 0.1) is 0 Å². The zero-order valence-electron chi connectivity index (χ0n) is 11.5. The number of amides is 1. The maximum absolute atomic E-state index is 12.4. The molecular weight excluding hydrogens is 268 g/mol. The molecule has 1 aliphatic rings. The number of pyridine rings is 1. The maximum atomic E-state index is 12.4. The zero-order chi connectivity index (χ0) is 14.7. The summed E-state index contributed by atoms with van der Waals surface area (Å²) in [6.45, 7) is 2.64. The summed E-state index contributed by atoms with van der Waals surface area (Å²) in [7, 11) is 0. The Labute approximate surface area is 122 Å². The number of hydrogen-bond acceptors (Lipinski definition) is 6. The number of hydrogen-bond donors (Lipinski definition) is 1. The van der Waals surface area contributed by atoms with E-state index < -0.39 is 0 Å². The standard InChI is InChI=1S/C14H16N6O/c15-12-11(3-1-4-16-12)13(21)19-7-9-20(10-8-19)14-17-5-2-6-18-14/h1-6H,7-10H2,(H2,15,16). The first-order valence-corrected chi connectivity index (χ1v) is 6.77. The van der Waals surface area contributed by atoms with Crippen LogP contribution in [0.15, 0.2) is 36.8 Å². The van der Waals surface area contributed by atoms with Crippen molar-refractivity contribution in [1.29, 1.82) is 0 Å². The van der Waals surface area contributed by atoms with Crippen LogP contribution < -0.4 is 10.6 Å². The SMILES string of the molecule is Nc1ncccc1C(=O)N1CCN(c2ncccn2)CC1. The lowest BCUT2D eigenvalue weighted by Crippen LogP contribution is -2.49. The first kappa shape index (κ1) is 13.3. The molecule has 1 saturated heterocycles. The largest absolute Gasteiger partial charge is 0.383 e. The van der Waals surface area contributed by atoms with Gasteiger partial charge in [-0.3, -0.25) is 4.79 Å². The van der Waals surface area contributed by atoms with E-state index in [1.54, 1.807) is 41.7 Å². The molecule has 2 aromatic heterocycles. The van der Waals surface area contributed by atoms with Gasteiger partial charge in [0.25, 0.3) is 5.91 Å². The van der Waals surface area contributed by atoms with Gasteiger partial charge in [0, 0.05) is 44.8 Å². The van der Waals surface area contributed by atoms with Crippen molar-refractivity contribution in [2.24, 2.45) is 0 Å². The van der Waals surface area contributed by atoms with Crippen molar-refractivity contribution in [3.05, 3.63) is 42.4 Å². The molecule has 7 heteroatoms. The Bertz CT molecular complexity index is 624. The third-order valence-corrected chi connectivity index (χ3v) is 3.47. The summed E-state index contributed by atoms with van der Waals surface area (Å²) < 4.78 is 0. The Morgan fingerprint density at radius 1 is 1.00 bits per heavy atom. The number of piperazine rings is 1. The van der Waals surface area contributed by atoms with Crippen LogP contribution in [-0.4, -0.2) is 51.9 Å². The Hall–Kier alpha value is -2.70. The van der Waals surface area contributed by atoms with E-state index in [0.717, 1.165) is 0 Å². The lowest BCUT2D eigenvalue weighted by Gasteiger charge is -2.34. The first-order valence-electron chi connectivity index (χ1n) is 6.77. The van der Waals surface area contributed by atoms with E-state index in [0.29, 0.717) is 37.7 Å². The van der Waals surface area contributed by atoms with Crippen LogP contribution in [0.2, 0.25) is 0 Å². The van der Waals surface area contributed by atoms with Gasteiger partial charge in [-0.1, -0.05) is 0 Å². The van der Waals surface area contributed by atoms with Crippen LogP contribution in [0.3, 0.4) is 0 Å². The molecule has 1 aliphatic heterocycles. The Morgan fingerprint density at radius 3 is 2.33 bits per heavy atom. The smallest absolute Gasteiger partial charge is 0.257 e. The highest BCUT2D eigenvalue weighted by molar-refractivity contribution is 5.98. The monoisotopic (exact) mass is 284 g/mol. The minimum absolute atomic E-state index is 0.0748. The van der Waals surface area contributed by atoms with E-state index in [9.17, 15) is 4.79 Å². The summed E-state index contributed by atoms with van der Waals surface area (Å²) in [5, 5.41) is 0. The van der Waals surface area contributed by atoms with Crippen molar-refractivity contribution in [1.82, 2.24) is 19.9 Å². The summed E-state index contributed by atoms with van der Waals surface area (Å²) in [6.07, 6.45) is 5.02. The average molecular weight is 284 g/mol. The van der Waals surface area contributed by atoms with Crippen molar-refractivity contribution in [2.75, 3.05) is 36.8 Å². The Balaban J connectivity index is 1.66. The molecule has 0 aliphatic carbocycles. The molecule has 2 aromatic rings. The molecule has 0 unspecified atom stereocenters. The van der Waals surface area contributed by atoms with Gasteiger partial charge in [0.2, 0.25) is 5.95 Å². The number of carbonyl (C=O) groups is 1. The molecule has 0 spiro atoms. The Kier molecular flexibility index (Phi) is 3.63. The first-order chi connectivity index (χ1) is 10.3. The highest BCUT2D eigenvalue weighted by atomic mass is 16.2. The fourth-order valence-corrected chi connectivity index (χ4v) is 2.33. The van der Waals surface area contributed by atoms with Crippen molar-refractivity contribution in [3.8, 4) is 0 Å². The van der Waals surface area contributed by atoms with Crippen LogP contribution in [0.25, 0.3) is 0 Å². The topological polar surface area (TPSA) is 88.2 Å². The van der Waals surface area contributed by atoms with E-state index in [2.05, 4.69) is 19.9 Å². The second-order valence-corrected chi connectivity index (χ2v) is 4.76. The third kappa shape index (κ3) is 2.76. The van der Waals surface area contributed by atoms with Gasteiger partial charge >= 0.3 is 0 Å². The molecule has 3 heterocycles. The van der Waals surface area contributed by atoms with E-state index >= 15 is 0 Å². The molecular formula is C14H16N6O. The number of rotatable bonds is 2. The van der Waals surface area contributed by atoms with E-state index in [1.165, 1.54) is 0 Å². The molecule has 1 amide bonds. The van der Waals surface area contributed by atoms with E-state index in [-0.39, 0.29) is 11.7 Å². The lowest BCUT2D eigenvalue weighted by molar-refractivity contribution is 0.0747. The van der Waals surface area contributed by atoms with Gasteiger partial charge in [-0.25, -0.2) is 15.0 Å². The number of anilines is 2. The molecule has 7 nitrogen and oxygen atoms in total. The predicted octanol–water partition coefficient (Wildman–Crippen LogP) is 0.416. The second kappa shape index (κ2) is 5.74. The van der Waals surface area contributed by atoms with Crippen LogP contribution in [0.1, 0.15) is 10.4 Å². The summed E-state index contributed by atoms with van der Waals surface area (Å²) >= 11 is 0. The summed E-state index contributed by atoms with van der Waals surface area (Å²) in [5.74, 6) is 0.899. The van der Waals surface area contributed by atoms with Gasteiger partial charge in [-0.15, -0.1) is 0 Å². The van der Waals surface area contributed by atoms with E-state index in [4.69, 9.17) is 5.73 Å². The van der Waals surface area contributed by atoms with Crippen LogP contribution >= 0.6 is 0 Å². The number of carbonyl (C=O) groups excluding carboxylic acids is 1. The highest BCUT2D eigenvalue weighted by Crippen LogP contribution is 2.15. The normalized spacial score (nSPS) is 15.0. The van der Waals surface area contributed by atoms with Gasteiger partial charge in [0.15, 0.2) is 0 Å². The summed E-state index contributed by atoms with van der Waals surface area (Å²) in [4.78, 5) is 28.7. The quantitative estimate of drug-likeness (QED) is 0.859. The Morgan fingerprint density at radius 2 is 1.67 bits per heavy atom. The minimum Gasteiger partial charge on any atom is -0.383 e. The lowest BCUT2D eigenvalue weighted by atomic mass is 10.2.